The third kappa shape index (κ3) is 19.6. The van der Waals surface area contributed by atoms with E-state index in [1.807, 2.05) is 0 Å². The largest absolute Gasteiger partial charge is 0.450 e. The number of H-pyrrole nitrogens is 1. The molecule has 0 aliphatic rings. The van der Waals surface area contributed by atoms with E-state index >= 15 is 0 Å². The number of hydrogen-bond acceptors (Lipinski definition) is 6. The molecule has 0 spiro atoms. The van der Waals surface area contributed by atoms with Gasteiger partial charge in [-0.15, -0.1) is 0 Å². The number of unbranched alkanes of at least 4 members (excludes halogenated alkanes) is 12. The number of nitrogens with one attached hydrogen (secondary N) is 4. The monoisotopic (exact) mass is 520 g/mol. The molecule has 0 saturated carbocycles. The lowest BCUT2D eigenvalue weighted by Crippen LogP contribution is -2.31. The van der Waals surface area contributed by atoms with Gasteiger partial charge in [0.2, 0.25) is 5.95 Å². The van der Waals surface area contributed by atoms with Gasteiger partial charge in [0.25, 0.3) is 5.56 Å². The van der Waals surface area contributed by atoms with E-state index in [-0.39, 0.29) is 17.6 Å². The van der Waals surface area contributed by atoms with Gasteiger partial charge in [0, 0.05) is 36.3 Å². The fourth-order valence-electron chi connectivity index (χ4n) is 3.75. The Morgan fingerprint density at radius 2 is 1.49 bits per heavy atom. The number of carbonyl (C=O) groups excluding carboxylic acids is 2. The van der Waals surface area contributed by atoms with Crippen molar-refractivity contribution >= 4 is 18.1 Å². The number of carbonyl (C=O) groups is 2. The zero-order valence-electron chi connectivity index (χ0n) is 22.2. The van der Waals surface area contributed by atoms with Crippen molar-refractivity contribution in [2.45, 2.75) is 96.8 Å². The Kier molecular flexibility index (Phi) is 18.9. The third-order valence-electron chi connectivity index (χ3n) is 5.71. The van der Waals surface area contributed by atoms with E-state index in [0.29, 0.717) is 31.9 Å². The predicted octanol–water partition coefficient (Wildman–Crippen LogP) is 5.70. The van der Waals surface area contributed by atoms with Crippen LogP contribution in [0.2, 0.25) is 0 Å². The molecule has 0 aromatic carbocycles. The highest BCUT2D eigenvalue weighted by atomic mass is 16.5. The number of hydrogen-bond donors (Lipinski definition) is 4. The Morgan fingerprint density at radius 1 is 0.919 bits per heavy atom. The summed E-state index contributed by atoms with van der Waals surface area (Å²) >= 11 is 0. The van der Waals surface area contributed by atoms with Crippen molar-refractivity contribution in [2.75, 3.05) is 31.6 Å². The lowest BCUT2D eigenvalue weighted by atomic mass is 10.1. The van der Waals surface area contributed by atoms with Gasteiger partial charge in [-0.3, -0.25) is 15.1 Å². The summed E-state index contributed by atoms with van der Waals surface area (Å²) in [5.41, 5.74) is 8.42. The van der Waals surface area contributed by atoms with Gasteiger partial charge in [-0.1, -0.05) is 69.3 Å². The van der Waals surface area contributed by atoms with E-state index in [9.17, 15) is 14.4 Å². The van der Waals surface area contributed by atoms with Crippen molar-refractivity contribution in [3.05, 3.63) is 32.6 Å². The van der Waals surface area contributed by atoms with Crippen LogP contribution in [0.3, 0.4) is 0 Å². The zero-order valence-corrected chi connectivity index (χ0v) is 22.2. The van der Waals surface area contributed by atoms with Crippen molar-refractivity contribution in [1.29, 1.82) is 0 Å². The van der Waals surface area contributed by atoms with Crippen LogP contribution in [0.5, 0.6) is 0 Å². The Morgan fingerprint density at radius 3 is 2.11 bits per heavy atom. The van der Waals surface area contributed by atoms with E-state index in [2.05, 4.69) is 35.9 Å². The molecule has 0 aliphatic heterocycles. The lowest BCUT2D eigenvalue weighted by Gasteiger charge is -2.08. The normalized spacial score (nSPS) is 10.4. The minimum absolute atomic E-state index is 0.124. The van der Waals surface area contributed by atoms with Crippen LogP contribution in [-0.2, 0) is 4.74 Å². The highest BCUT2D eigenvalue weighted by molar-refractivity contribution is 5.87. The average Bonchev–Trinajstić information content (AvgIpc) is 2.85. The third-order valence-corrected chi connectivity index (χ3v) is 5.71. The van der Waals surface area contributed by atoms with Gasteiger partial charge in [0.05, 0.1) is 6.61 Å². The topological polar surface area (TPSA) is 174 Å². The summed E-state index contributed by atoms with van der Waals surface area (Å²) < 4.78 is 5.22. The Bertz CT molecular complexity index is 870. The summed E-state index contributed by atoms with van der Waals surface area (Å²) in [6, 6.07) is 0.940. The number of alkyl carbamates (subject to hydrolysis) is 1. The smallest absolute Gasteiger partial charge is 0.407 e. The summed E-state index contributed by atoms with van der Waals surface area (Å²) in [6.07, 6.45) is 14.6. The molecule has 1 aromatic heterocycles. The first-order chi connectivity index (χ1) is 18.0. The molecule has 0 bridgehead atoms. The Labute approximate surface area is 219 Å². The molecule has 208 valence electrons. The van der Waals surface area contributed by atoms with Crippen molar-refractivity contribution in [2.24, 2.45) is 5.11 Å². The molecule has 1 aromatic rings. The number of urea groups is 1. The molecule has 3 amide bonds. The second-order valence-corrected chi connectivity index (χ2v) is 9.08. The first-order valence-electron chi connectivity index (χ1n) is 13.6. The number of ether oxygens (including phenoxy) is 1. The van der Waals surface area contributed by atoms with Crippen molar-refractivity contribution < 1.29 is 14.3 Å². The van der Waals surface area contributed by atoms with Crippen molar-refractivity contribution in [3.8, 4) is 0 Å². The number of rotatable bonds is 21. The first kappa shape index (κ1) is 31.8. The minimum atomic E-state index is -0.412. The first-order valence-corrected chi connectivity index (χ1v) is 13.6. The number of azide groups is 1. The molecular formula is C25H44N8O4. The van der Waals surface area contributed by atoms with E-state index < -0.39 is 6.03 Å². The molecule has 0 fully saturated rings. The number of nitrogens with zero attached hydrogens (tertiary/aromatic N) is 4. The van der Waals surface area contributed by atoms with Crippen LogP contribution in [0.4, 0.5) is 15.5 Å². The molecule has 4 N–H and O–H groups in total. The standard InChI is InChI=1S/C25H44N8O4/c1-21-20-22(34)31-23(30-21)32-24(35)27-16-12-9-10-13-17-28-25(36)37-19-15-11-7-5-3-2-4-6-8-14-18-29-33-26/h20H,2-19H2,1H3,(H,28,36)(H3,27,30,31,32,34,35). The second-order valence-electron chi connectivity index (χ2n) is 9.08. The van der Waals surface area contributed by atoms with E-state index in [4.69, 9.17) is 10.3 Å². The van der Waals surface area contributed by atoms with E-state index in [0.717, 1.165) is 51.4 Å². The molecule has 12 nitrogen and oxygen atoms in total. The van der Waals surface area contributed by atoms with Gasteiger partial charge in [0.1, 0.15) is 0 Å². The van der Waals surface area contributed by atoms with Crippen LogP contribution in [0.1, 0.15) is 95.6 Å². The second kappa shape index (κ2) is 22.0. The van der Waals surface area contributed by atoms with Gasteiger partial charge in [0.15, 0.2) is 0 Å². The van der Waals surface area contributed by atoms with Crippen LogP contribution in [0, 0.1) is 6.92 Å². The van der Waals surface area contributed by atoms with Crippen LogP contribution >= 0.6 is 0 Å². The van der Waals surface area contributed by atoms with Crippen LogP contribution in [0.15, 0.2) is 16.0 Å². The number of anilines is 1. The highest BCUT2D eigenvalue weighted by Crippen LogP contribution is 2.10. The van der Waals surface area contributed by atoms with Gasteiger partial charge in [-0.05, 0) is 38.1 Å². The summed E-state index contributed by atoms with van der Waals surface area (Å²) in [5.74, 6) is 0.124. The SMILES string of the molecule is Cc1cc(=O)[nH]c(NC(=O)NCCCCCCNC(=O)OCCCCCCCCCCCCN=[N+]=[N-])n1. The lowest BCUT2D eigenvalue weighted by molar-refractivity contribution is 0.143. The fraction of sp³-hybridized carbons (Fsp3) is 0.760. The van der Waals surface area contributed by atoms with Gasteiger partial charge in [-0.25, -0.2) is 14.6 Å². The molecule has 0 aliphatic carbocycles. The summed E-state index contributed by atoms with van der Waals surface area (Å²) in [4.78, 5) is 44.2. The summed E-state index contributed by atoms with van der Waals surface area (Å²) in [7, 11) is 0. The Balaban J connectivity index is 1.83. The van der Waals surface area contributed by atoms with Gasteiger partial charge in [-0.2, -0.15) is 0 Å². The zero-order chi connectivity index (χ0) is 27.0. The molecule has 0 radical (unpaired) electrons. The molecule has 12 heteroatoms. The average molecular weight is 521 g/mol. The number of aromatic nitrogens is 2. The maximum atomic E-state index is 11.8. The van der Waals surface area contributed by atoms with Gasteiger partial charge < -0.3 is 15.4 Å². The van der Waals surface area contributed by atoms with E-state index in [1.54, 1.807) is 6.92 Å². The number of amides is 3. The van der Waals surface area contributed by atoms with Crippen LogP contribution < -0.4 is 21.5 Å². The molecule has 1 heterocycles. The van der Waals surface area contributed by atoms with Crippen molar-refractivity contribution in [1.82, 2.24) is 20.6 Å². The molecule has 0 atom stereocenters. The molecule has 1 rings (SSSR count). The highest BCUT2D eigenvalue weighted by Gasteiger charge is 2.04. The van der Waals surface area contributed by atoms with Crippen LogP contribution in [0.25, 0.3) is 10.4 Å². The summed E-state index contributed by atoms with van der Waals surface area (Å²) in [6.45, 7) is 3.83. The number of aromatic amines is 1. The predicted molar refractivity (Wildman–Crippen MR) is 145 cm³/mol. The van der Waals surface area contributed by atoms with E-state index in [1.165, 1.54) is 44.6 Å². The molecule has 37 heavy (non-hydrogen) atoms. The molecule has 0 unspecified atom stereocenters. The maximum absolute atomic E-state index is 11.8. The minimum Gasteiger partial charge on any atom is -0.450 e. The molecule has 0 saturated heterocycles. The van der Waals surface area contributed by atoms with Crippen molar-refractivity contribution in [3.63, 3.8) is 0 Å². The van der Waals surface area contributed by atoms with Crippen LogP contribution in [-0.4, -0.2) is 48.3 Å². The maximum Gasteiger partial charge on any atom is 0.407 e. The number of aryl methyl sites for hydroxylation is 1. The Hall–Kier alpha value is -3.27. The van der Waals surface area contributed by atoms with Gasteiger partial charge >= 0.3 is 12.1 Å². The fourth-order valence-corrected chi connectivity index (χ4v) is 3.75. The summed E-state index contributed by atoms with van der Waals surface area (Å²) in [5, 5.41) is 11.5. The quantitative estimate of drug-likeness (QED) is 0.0703. The molecular weight excluding hydrogens is 476 g/mol.